The number of hydrogen-bond donors (Lipinski definition) is 1. The molecule has 0 amide bonds. The van der Waals surface area contributed by atoms with Crippen LogP contribution >= 0.6 is 11.8 Å². The molecule has 1 aromatic rings. The van der Waals surface area contributed by atoms with Gasteiger partial charge >= 0.3 is 0 Å². The van der Waals surface area contributed by atoms with Gasteiger partial charge in [0, 0.05) is 19.4 Å². The standard InChI is InChI=1S/C11H20N4OS/c1-12-6-10-13-14-11(15(10)2)17-8-9-4-3-5-16-7-9/h9,12H,3-8H2,1-2H3. The Balaban J connectivity index is 1.85. The average Bonchev–Trinajstić information content (AvgIpc) is 2.70. The number of thioether (sulfide) groups is 1. The molecule has 1 atom stereocenters. The highest BCUT2D eigenvalue weighted by Crippen LogP contribution is 2.23. The van der Waals surface area contributed by atoms with E-state index in [9.17, 15) is 0 Å². The van der Waals surface area contributed by atoms with Gasteiger partial charge in [0.2, 0.25) is 0 Å². The molecule has 1 fully saturated rings. The third-order valence-electron chi connectivity index (χ3n) is 2.96. The molecule has 6 heteroatoms. The molecule has 96 valence electrons. The predicted molar refractivity (Wildman–Crippen MR) is 68.0 cm³/mol. The molecule has 2 heterocycles. The van der Waals surface area contributed by atoms with Crippen molar-refractivity contribution in [2.45, 2.75) is 24.5 Å². The summed E-state index contributed by atoms with van der Waals surface area (Å²) in [4.78, 5) is 0. The van der Waals surface area contributed by atoms with E-state index in [0.29, 0.717) is 5.92 Å². The fraction of sp³-hybridized carbons (Fsp3) is 0.818. The zero-order valence-electron chi connectivity index (χ0n) is 10.5. The van der Waals surface area contributed by atoms with E-state index in [1.165, 1.54) is 12.8 Å². The Kier molecular flexibility index (Phi) is 4.82. The van der Waals surface area contributed by atoms with Crippen molar-refractivity contribution in [2.24, 2.45) is 13.0 Å². The fourth-order valence-electron chi connectivity index (χ4n) is 1.91. The van der Waals surface area contributed by atoms with Crippen LogP contribution in [0.1, 0.15) is 18.7 Å². The first-order valence-electron chi connectivity index (χ1n) is 6.04. The van der Waals surface area contributed by atoms with Gasteiger partial charge in [-0.15, -0.1) is 10.2 Å². The summed E-state index contributed by atoms with van der Waals surface area (Å²) in [6.45, 7) is 2.59. The van der Waals surface area contributed by atoms with Crippen LogP contribution in [-0.4, -0.2) is 40.8 Å². The molecule has 17 heavy (non-hydrogen) atoms. The Morgan fingerprint density at radius 3 is 3.12 bits per heavy atom. The number of nitrogens with one attached hydrogen (secondary N) is 1. The van der Waals surface area contributed by atoms with E-state index in [4.69, 9.17) is 4.74 Å². The molecule has 1 aliphatic rings. The maximum Gasteiger partial charge on any atom is 0.190 e. The van der Waals surface area contributed by atoms with Crippen LogP contribution < -0.4 is 5.32 Å². The van der Waals surface area contributed by atoms with Gasteiger partial charge in [-0.25, -0.2) is 0 Å². The van der Waals surface area contributed by atoms with E-state index in [0.717, 1.165) is 36.5 Å². The van der Waals surface area contributed by atoms with Gasteiger partial charge in [0.25, 0.3) is 0 Å². The van der Waals surface area contributed by atoms with E-state index in [1.807, 2.05) is 14.1 Å². The van der Waals surface area contributed by atoms with Gasteiger partial charge in [-0.3, -0.25) is 0 Å². The molecule has 0 spiro atoms. The van der Waals surface area contributed by atoms with Gasteiger partial charge in [-0.1, -0.05) is 11.8 Å². The van der Waals surface area contributed by atoms with Crippen LogP contribution in [0, 0.1) is 5.92 Å². The quantitative estimate of drug-likeness (QED) is 0.798. The molecular formula is C11H20N4OS. The van der Waals surface area contributed by atoms with Crippen LogP contribution in [0.4, 0.5) is 0 Å². The summed E-state index contributed by atoms with van der Waals surface area (Å²) in [7, 11) is 3.94. The smallest absolute Gasteiger partial charge is 0.190 e. The summed E-state index contributed by atoms with van der Waals surface area (Å²) in [6, 6.07) is 0. The van der Waals surface area contributed by atoms with Crippen LogP contribution in [0.25, 0.3) is 0 Å². The lowest BCUT2D eigenvalue weighted by Gasteiger charge is -2.21. The zero-order valence-corrected chi connectivity index (χ0v) is 11.3. The Bertz CT molecular complexity index is 349. The Labute approximate surface area is 106 Å². The minimum atomic E-state index is 0.665. The second-order valence-electron chi connectivity index (χ2n) is 4.38. The van der Waals surface area contributed by atoms with Gasteiger partial charge in [0.1, 0.15) is 5.82 Å². The summed E-state index contributed by atoms with van der Waals surface area (Å²) in [5.74, 6) is 2.72. The Morgan fingerprint density at radius 1 is 1.53 bits per heavy atom. The maximum atomic E-state index is 5.48. The summed E-state index contributed by atoms with van der Waals surface area (Å²) in [6.07, 6.45) is 2.46. The largest absolute Gasteiger partial charge is 0.381 e. The topological polar surface area (TPSA) is 52.0 Å². The Morgan fingerprint density at radius 2 is 2.41 bits per heavy atom. The minimum Gasteiger partial charge on any atom is -0.381 e. The molecule has 0 radical (unpaired) electrons. The van der Waals surface area contributed by atoms with Crippen LogP contribution in [0.2, 0.25) is 0 Å². The lowest BCUT2D eigenvalue weighted by Crippen LogP contribution is -2.19. The first kappa shape index (κ1) is 12.9. The monoisotopic (exact) mass is 256 g/mol. The molecule has 0 aromatic carbocycles. The molecule has 2 rings (SSSR count). The normalized spacial score (nSPS) is 20.7. The number of rotatable bonds is 5. The van der Waals surface area contributed by atoms with Crippen molar-refractivity contribution in [3.8, 4) is 0 Å². The van der Waals surface area contributed by atoms with Crippen molar-refractivity contribution >= 4 is 11.8 Å². The Hall–Kier alpha value is -0.590. The zero-order chi connectivity index (χ0) is 12.1. The molecular weight excluding hydrogens is 236 g/mol. The number of aromatic nitrogens is 3. The molecule has 0 bridgehead atoms. The lowest BCUT2D eigenvalue weighted by atomic mass is 10.1. The minimum absolute atomic E-state index is 0.665. The third-order valence-corrected chi connectivity index (χ3v) is 4.21. The van der Waals surface area contributed by atoms with Crippen LogP contribution in [-0.2, 0) is 18.3 Å². The van der Waals surface area contributed by atoms with Crippen molar-refractivity contribution < 1.29 is 4.74 Å². The van der Waals surface area contributed by atoms with Crippen molar-refractivity contribution in [1.29, 1.82) is 0 Å². The highest BCUT2D eigenvalue weighted by atomic mass is 32.2. The lowest BCUT2D eigenvalue weighted by molar-refractivity contribution is 0.0632. The second kappa shape index (κ2) is 6.37. The fourth-order valence-corrected chi connectivity index (χ4v) is 2.96. The van der Waals surface area contributed by atoms with Gasteiger partial charge in [-0.05, 0) is 25.8 Å². The van der Waals surface area contributed by atoms with Crippen molar-refractivity contribution in [3.05, 3.63) is 5.82 Å². The molecule has 1 saturated heterocycles. The molecule has 1 N–H and O–H groups in total. The average molecular weight is 256 g/mol. The SMILES string of the molecule is CNCc1nnc(SCC2CCCOC2)n1C. The van der Waals surface area contributed by atoms with Crippen LogP contribution in [0.3, 0.4) is 0 Å². The molecule has 0 aliphatic carbocycles. The highest BCUT2D eigenvalue weighted by molar-refractivity contribution is 7.99. The predicted octanol–water partition coefficient (Wildman–Crippen LogP) is 1.05. The number of hydrogen-bond acceptors (Lipinski definition) is 5. The van der Waals surface area contributed by atoms with Crippen LogP contribution in [0.5, 0.6) is 0 Å². The van der Waals surface area contributed by atoms with E-state index in [2.05, 4.69) is 20.1 Å². The molecule has 0 saturated carbocycles. The van der Waals surface area contributed by atoms with Crippen molar-refractivity contribution in [3.63, 3.8) is 0 Å². The summed E-state index contributed by atoms with van der Waals surface area (Å²) >= 11 is 1.78. The molecule has 1 aliphatic heterocycles. The van der Waals surface area contributed by atoms with E-state index in [-0.39, 0.29) is 0 Å². The summed E-state index contributed by atoms with van der Waals surface area (Å²) in [5.41, 5.74) is 0. The van der Waals surface area contributed by atoms with Gasteiger partial charge in [-0.2, -0.15) is 0 Å². The van der Waals surface area contributed by atoms with Gasteiger partial charge in [0.05, 0.1) is 13.2 Å². The summed E-state index contributed by atoms with van der Waals surface area (Å²) < 4.78 is 7.54. The van der Waals surface area contributed by atoms with E-state index in [1.54, 1.807) is 11.8 Å². The van der Waals surface area contributed by atoms with E-state index >= 15 is 0 Å². The van der Waals surface area contributed by atoms with Gasteiger partial charge in [0.15, 0.2) is 5.16 Å². The molecule has 5 nitrogen and oxygen atoms in total. The van der Waals surface area contributed by atoms with Crippen molar-refractivity contribution in [1.82, 2.24) is 20.1 Å². The molecule has 1 unspecified atom stereocenters. The highest BCUT2D eigenvalue weighted by Gasteiger charge is 2.16. The third kappa shape index (κ3) is 3.43. The van der Waals surface area contributed by atoms with Crippen LogP contribution in [0.15, 0.2) is 5.16 Å². The molecule has 1 aromatic heterocycles. The first-order chi connectivity index (χ1) is 8.31. The maximum absolute atomic E-state index is 5.48. The van der Waals surface area contributed by atoms with E-state index < -0.39 is 0 Å². The van der Waals surface area contributed by atoms with Gasteiger partial charge < -0.3 is 14.6 Å². The van der Waals surface area contributed by atoms with Crippen molar-refractivity contribution in [2.75, 3.05) is 26.0 Å². The number of ether oxygens (including phenoxy) is 1. The first-order valence-corrected chi connectivity index (χ1v) is 7.03. The second-order valence-corrected chi connectivity index (χ2v) is 5.37. The number of nitrogens with zero attached hydrogens (tertiary/aromatic N) is 3. The summed E-state index contributed by atoms with van der Waals surface area (Å²) in [5, 5.41) is 12.5.